The standard InChI is InChI=1S/C15H15BrN2O3S/c16-13-5-4-12(22-13)15(21)18-9-14(20)17-7-6-10-2-1-3-11(19)8-10/h1-5,8,19H,6-7,9H2,(H,17,20)(H,18,21). The highest BCUT2D eigenvalue weighted by Crippen LogP contribution is 2.21. The lowest BCUT2D eigenvalue weighted by Gasteiger charge is -2.06. The second-order valence-electron chi connectivity index (χ2n) is 4.56. The molecule has 2 aromatic rings. The second-order valence-corrected chi connectivity index (χ2v) is 7.02. The maximum absolute atomic E-state index is 11.8. The quantitative estimate of drug-likeness (QED) is 0.717. The molecule has 116 valence electrons. The molecule has 1 aromatic heterocycles. The fraction of sp³-hybridized carbons (Fsp3) is 0.200. The molecule has 1 heterocycles. The summed E-state index contributed by atoms with van der Waals surface area (Å²) >= 11 is 4.60. The Labute approximate surface area is 140 Å². The molecule has 0 saturated heterocycles. The third-order valence-electron chi connectivity index (χ3n) is 2.85. The van der Waals surface area contributed by atoms with Gasteiger partial charge in [-0.2, -0.15) is 0 Å². The van der Waals surface area contributed by atoms with Crippen molar-refractivity contribution in [2.75, 3.05) is 13.1 Å². The van der Waals surface area contributed by atoms with E-state index in [2.05, 4.69) is 26.6 Å². The zero-order valence-corrected chi connectivity index (χ0v) is 14.0. The van der Waals surface area contributed by atoms with Crippen LogP contribution < -0.4 is 10.6 Å². The number of rotatable bonds is 6. The van der Waals surface area contributed by atoms with Crippen LogP contribution in [0.4, 0.5) is 0 Å². The molecule has 0 radical (unpaired) electrons. The maximum atomic E-state index is 11.8. The van der Waals surface area contributed by atoms with Crippen molar-refractivity contribution in [3.63, 3.8) is 0 Å². The Bertz CT molecular complexity index is 672. The average Bonchev–Trinajstić information content (AvgIpc) is 2.91. The number of amides is 2. The van der Waals surface area contributed by atoms with Crippen LogP contribution in [0.25, 0.3) is 0 Å². The lowest BCUT2D eigenvalue weighted by Crippen LogP contribution is -2.37. The van der Waals surface area contributed by atoms with Crippen LogP contribution in [-0.4, -0.2) is 30.0 Å². The third kappa shape index (κ3) is 5.16. The number of carbonyl (C=O) groups is 2. The van der Waals surface area contributed by atoms with Gasteiger partial charge in [-0.1, -0.05) is 12.1 Å². The van der Waals surface area contributed by atoms with Crippen LogP contribution >= 0.6 is 27.3 Å². The molecular weight excluding hydrogens is 368 g/mol. The number of nitrogens with one attached hydrogen (secondary N) is 2. The van der Waals surface area contributed by atoms with Crippen LogP contribution in [0.3, 0.4) is 0 Å². The average molecular weight is 383 g/mol. The number of phenolic OH excluding ortho intramolecular Hbond substituents is 1. The van der Waals surface area contributed by atoms with Gasteiger partial charge in [0.25, 0.3) is 5.91 Å². The van der Waals surface area contributed by atoms with Crippen molar-refractivity contribution in [1.29, 1.82) is 0 Å². The minimum absolute atomic E-state index is 0.0611. The van der Waals surface area contributed by atoms with Crippen molar-refractivity contribution in [3.8, 4) is 5.75 Å². The van der Waals surface area contributed by atoms with Gasteiger partial charge < -0.3 is 15.7 Å². The van der Waals surface area contributed by atoms with E-state index in [1.165, 1.54) is 11.3 Å². The molecule has 2 amide bonds. The number of aromatic hydroxyl groups is 1. The molecular formula is C15H15BrN2O3S. The first-order valence-corrected chi connectivity index (χ1v) is 8.23. The Morgan fingerprint density at radius 3 is 2.68 bits per heavy atom. The van der Waals surface area contributed by atoms with Crippen molar-refractivity contribution < 1.29 is 14.7 Å². The monoisotopic (exact) mass is 382 g/mol. The first-order valence-electron chi connectivity index (χ1n) is 6.63. The highest BCUT2D eigenvalue weighted by Gasteiger charge is 2.09. The summed E-state index contributed by atoms with van der Waals surface area (Å²) in [5.74, 6) is -0.304. The van der Waals surface area contributed by atoms with Crippen molar-refractivity contribution in [1.82, 2.24) is 10.6 Å². The van der Waals surface area contributed by atoms with Gasteiger partial charge in [0.05, 0.1) is 15.2 Å². The molecule has 2 rings (SSSR count). The SMILES string of the molecule is O=C(CNC(=O)c1ccc(Br)s1)NCCc1cccc(O)c1. The minimum Gasteiger partial charge on any atom is -0.508 e. The number of hydrogen-bond donors (Lipinski definition) is 3. The molecule has 0 unspecified atom stereocenters. The van der Waals surface area contributed by atoms with E-state index in [9.17, 15) is 14.7 Å². The molecule has 3 N–H and O–H groups in total. The number of thiophene rings is 1. The second kappa shape index (κ2) is 7.95. The smallest absolute Gasteiger partial charge is 0.261 e. The van der Waals surface area contributed by atoms with Crippen LogP contribution in [0.5, 0.6) is 5.75 Å². The van der Waals surface area contributed by atoms with Gasteiger partial charge >= 0.3 is 0 Å². The van der Waals surface area contributed by atoms with Crippen molar-refractivity contribution in [2.45, 2.75) is 6.42 Å². The van der Waals surface area contributed by atoms with E-state index < -0.39 is 0 Å². The van der Waals surface area contributed by atoms with E-state index in [-0.39, 0.29) is 24.1 Å². The zero-order valence-electron chi connectivity index (χ0n) is 11.6. The van der Waals surface area contributed by atoms with Crippen molar-refractivity contribution in [3.05, 3.63) is 50.6 Å². The van der Waals surface area contributed by atoms with Crippen LogP contribution in [0.15, 0.2) is 40.2 Å². The molecule has 0 bridgehead atoms. The molecule has 0 spiro atoms. The highest BCUT2D eigenvalue weighted by atomic mass is 79.9. The van der Waals surface area contributed by atoms with Gasteiger partial charge in [0.15, 0.2) is 0 Å². The first-order chi connectivity index (χ1) is 10.5. The fourth-order valence-electron chi connectivity index (χ4n) is 1.80. The third-order valence-corrected chi connectivity index (χ3v) is 4.48. The summed E-state index contributed by atoms with van der Waals surface area (Å²) < 4.78 is 0.869. The van der Waals surface area contributed by atoms with Gasteiger partial charge in [-0.05, 0) is 52.2 Å². The highest BCUT2D eigenvalue weighted by molar-refractivity contribution is 9.11. The van der Waals surface area contributed by atoms with Crippen molar-refractivity contribution in [2.24, 2.45) is 0 Å². The van der Waals surface area contributed by atoms with Gasteiger partial charge in [0, 0.05) is 6.54 Å². The summed E-state index contributed by atoms with van der Waals surface area (Å²) in [7, 11) is 0. The topological polar surface area (TPSA) is 78.4 Å². The molecule has 0 saturated carbocycles. The van der Waals surface area contributed by atoms with Gasteiger partial charge in [0.1, 0.15) is 5.75 Å². The van der Waals surface area contributed by atoms with Crippen LogP contribution in [0.2, 0.25) is 0 Å². The normalized spacial score (nSPS) is 10.2. The number of benzene rings is 1. The Hall–Kier alpha value is -1.86. The summed E-state index contributed by atoms with van der Waals surface area (Å²) in [6.45, 7) is 0.386. The van der Waals surface area contributed by atoms with Gasteiger partial charge in [-0.25, -0.2) is 0 Å². The molecule has 0 aliphatic rings. The summed E-state index contributed by atoms with van der Waals surface area (Å²) in [5.41, 5.74) is 0.938. The number of hydrogen-bond acceptors (Lipinski definition) is 4. The van der Waals surface area contributed by atoms with Crippen LogP contribution in [0.1, 0.15) is 15.2 Å². The molecule has 7 heteroatoms. The maximum Gasteiger partial charge on any atom is 0.261 e. The largest absolute Gasteiger partial charge is 0.508 e. The Morgan fingerprint density at radius 2 is 2.00 bits per heavy atom. The molecule has 0 fully saturated rings. The lowest BCUT2D eigenvalue weighted by molar-refractivity contribution is -0.120. The Kier molecular flexibility index (Phi) is 5.97. The van der Waals surface area contributed by atoms with Crippen LogP contribution in [0, 0.1) is 0 Å². The van der Waals surface area contributed by atoms with Gasteiger partial charge in [-0.3, -0.25) is 9.59 Å². The first kappa shape index (κ1) is 16.5. The molecule has 0 aliphatic carbocycles. The number of phenols is 1. The van der Waals surface area contributed by atoms with Gasteiger partial charge in [-0.15, -0.1) is 11.3 Å². The van der Waals surface area contributed by atoms with E-state index in [0.717, 1.165) is 9.35 Å². The predicted octanol–water partition coefficient (Wildman–Crippen LogP) is 2.30. The minimum atomic E-state index is -0.265. The Morgan fingerprint density at radius 1 is 1.18 bits per heavy atom. The molecule has 0 atom stereocenters. The number of halogens is 1. The summed E-state index contributed by atoms with van der Waals surface area (Å²) in [4.78, 5) is 24.0. The Balaban J connectivity index is 1.69. The van der Waals surface area contributed by atoms with E-state index in [1.807, 2.05) is 6.07 Å². The lowest BCUT2D eigenvalue weighted by atomic mass is 10.1. The molecule has 5 nitrogen and oxygen atoms in total. The molecule has 22 heavy (non-hydrogen) atoms. The van der Waals surface area contributed by atoms with Crippen molar-refractivity contribution >= 4 is 39.1 Å². The summed E-state index contributed by atoms with van der Waals surface area (Å²) in [5, 5.41) is 14.6. The summed E-state index contributed by atoms with van der Waals surface area (Å²) in [6, 6.07) is 10.4. The zero-order chi connectivity index (χ0) is 15.9. The van der Waals surface area contributed by atoms with Crippen LogP contribution in [-0.2, 0) is 11.2 Å². The predicted molar refractivity (Wildman–Crippen MR) is 89.2 cm³/mol. The molecule has 1 aromatic carbocycles. The van der Waals surface area contributed by atoms with E-state index in [0.29, 0.717) is 17.8 Å². The number of carbonyl (C=O) groups excluding carboxylic acids is 2. The van der Waals surface area contributed by atoms with E-state index in [1.54, 1.807) is 30.3 Å². The fourth-order valence-corrected chi connectivity index (χ4v) is 3.11. The van der Waals surface area contributed by atoms with E-state index >= 15 is 0 Å². The molecule has 0 aliphatic heterocycles. The van der Waals surface area contributed by atoms with E-state index in [4.69, 9.17) is 0 Å². The van der Waals surface area contributed by atoms with Gasteiger partial charge in [0.2, 0.25) is 5.91 Å². The summed E-state index contributed by atoms with van der Waals surface area (Å²) in [6.07, 6.45) is 0.617.